The van der Waals surface area contributed by atoms with E-state index in [1.165, 1.54) is 4.90 Å². The molecule has 0 radical (unpaired) electrons. The van der Waals surface area contributed by atoms with E-state index in [0.29, 0.717) is 6.42 Å². The van der Waals surface area contributed by atoms with Crippen molar-refractivity contribution in [2.75, 3.05) is 6.54 Å². The van der Waals surface area contributed by atoms with Crippen LogP contribution < -0.4 is 16.4 Å². The van der Waals surface area contributed by atoms with Crippen LogP contribution in [0, 0.1) is 0 Å². The normalized spacial score (nSPS) is 18.6. The van der Waals surface area contributed by atoms with Crippen molar-refractivity contribution in [1.82, 2.24) is 20.5 Å². The first-order valence-corrected chi connectivity index (χ1v) is 11.8. The number of carboxylic acid groups (broad SMARTS) is 2. The first kappa shape index (κ1) is 27.6. The molecule has 5 atom stereocenters. The van der Waals surface area contributed by atoms with Gasteiger partial charge in [0.2, 0.25) is 17.7 Å². The molecule has 3 amide bonds. The zero-order valence-electron chi connectivity index (χ0n) is 20.2. The molecular formula is C24H31N5O8. The van der Waals surface area contributed by atoms with E-state index in [1.54, 1.807) is 6.20 Å². The highest BCUT2D eigenvalue weighted by molar-refractivity contribution is 5.96. The summed E-state index contributed by atoms with van der Waals surface area (Å²) in [7, 11) is 0. The van der Waals surface area contributed by atoms with Crippen LogP contribution in [0.3, 0.4) is 0 Å². The molecule has 8 N–H and O–H groups in total. The van der Waals surface area contributed by atoms with Gasteiger partial charge in [-0.05, 0) is 37.8 Å². The number of aliphatic carboxylic acids is 2. The number of hydrogen-bond acceptors (Lipinski definition) is 7. The third-order valence-electron chi connectivity index (χ3n) is 6.33. The van der Waals surface area contributed by atoms with E-state index in [2.05, 4.69) is 10.3 Å². The molecule has 1 aromatic carbocycles. The summed E-state index contributed by atoms with van der Waals surface area (Å²) >= 11 is 0. The number of nitrogens with one attached hydrogen (secondary N) is 3. The molecule has 37 heavy (non-hydrogen) atoms. The molecule has 0 aliphatic carbocycles. The number of para-hydroxylation sites is 1. The van der Waals surface area contributed by atoms with Crippen molar-refractivity contribution < 1.29 is 39.3 Å². The van der Waals surface area contributed by atoms with E-state index in [0.717, 1.165) is 23.4 Å². The molecule has 0 bridgehead atoms. The Hall–Kier alpha value is -3.97. The molecule has 0 saturated carbocycles. The van der Waals surface area contributed by atoms with Crippen molar-refractivity contribution >= 4 is 40.6 Å². The molecular weight excluding hydrogens is 486 g/mol. The summed E-state index contributed by atoms with van der Waals surface area (Å²) in [4.78, 5) is 65.8. The van der Waals surface area contributed by atoms with Gasteiger partial charge in [0, 0.05) is 23.6 Å². The fourth-order valence-electron chi connectivity index (χ4n) is 4.44. The molecule has 0 spiro atoms. The van der Waals surface area contributed by atoms with Crippen LogP contribution in [0.2, 0.25) is 0 Å². The average molecular weight is 518 g/mol. The Balaban J connectivity index is 1.69. The number of nitrogens with two attached hydrogens (primary N) is 1. The monoisotopic (exact) mass is 517 g/mol. The van der Waals surface area contributed by atoms with Crippen molar-refractivity contribution in [3.8, 4) is 0 Å². The lowest BCUT2D eigenvalue weighted by atomic mass is 10.0. The van der Waals surface area contributed by atoms with Gasteiger partial charge >= 0.3 is 11.9 Å². The summed E-state index contributed by atoms with van der Waals surface area (Å²) in [5.41, 5.74) is 7.96. The highest BCUT2D eigenvalue weighted by Crippen LogP contribution is 2.22. The Kier molecular flexibility index (Phi) is 8.84. The molecule has 5 unspecified atom stereocenters. The summed E-state index contributed by atoms with van der Waals surface area (Å²) in [5, 5.41) is 33.2. The number of rotatable bonds is 11. The van der Waals surface area contributed by atoms with Crippen LogP contribution in [0.25, 0.3) is 10.9 Å². The van der Waals surface area contributed by atoms with E-state index in [-0.39, 0.29) is 19.4 Å². The molecule has 1 fully saturated rings. The minimum Gasteiger partial charge on any atom is -0.481 e. The molecule has 13 heteroatoms. The van der Waals surface area contributed by atoms with Gasteiger partial charge in [0.1, 0.15) is 12.1 Å². The Labute approximate surface area is 212 Å². The first-order chi connectivity index (χ1) is 17.5. The maximum atomic E-state index is 13.2. The Morgan fingerprint density at radius 3 is 2.51 bits per heavy atom. The van der Waals surface area contributed by atoms with Gasteiger partial charge in [0.15, 0.2) is 6.04 Å². The standard InChI is InChI=1S/C24H31N5O8/c1-12(30)20(24(36)37)28-21(33)17(10-19(31)32)27-22(34)18-7-4-8-29(18)23(35)15(25)9-13-11-26-16-6-3-2-5-14(13)16/h2-3,5-6,11-12,15,17-18,20,26,30H,4,7-10,25H2,1H3,(H,27,34)(H,28,33)(H,31,32)(H,36,37). The third-order valence-corrected chi connectivity index (χ3v) is 6.33. The Morgan fingerprint density at radius 1 is 1.16 bits per heavy atom. The second-order valence-electron chi connectivity index (χ2n) is 9.08. The Morgan fingerprint density at radius 2 is 1.86 bits per heavy atom. The predicted octanol–water partition coefficient (Wildman–Crippen LogP) is -1.06. The summed E-state index contributed by atoms with van der Waals surface area (Å²) in [5.74, 6) is -5.24. The SMILES string of the molecule is CC(O)C(NC(=O)C(CC(=O)O)NC(=O)C1CCCN1C(=O)C(N)Cc1c[nH]c2ccccc12)C(=O)O. The number of nitrogens with zero attached hydrogens (tertiary/aromatic N) is 1. The summed E-state index contributed by atoms with van der Waals surface area (Å²) in [6, 6.07) is 2.32. The van der Waals surface area contributed by atoms with Gasteiger partial charge in [0.05, 0.1) is 18.6 Å². The van der Waals surface area contributed by atoms with Crippen molar-refractivity contribution in [3.63, 3.8) is 0 Å². The van der Waals surface area contributed by atoms with Crippen molar-refractivity contribution in [1.29, 1.82) is 0 Å². The summed E-state index contributed by atoms with van der Waals surface area (Å²) in [6.45, 7) is 1.41. The van der Waals surface area contributed by atoms with Crippen molar-refractivity contribution in [2.45, 2.75) is 62.9 Å². The van der Waals surface area contributed by atoms with E-state index in [9.17, 15) is 39.3 Å². The predicted molar refractivity (Wildman–Crippen MR) is 130 cm³/mol. The number of H-pyrrole nitrogens is 1. The van der Waals surface area contributed by atoms with Crippen LogP contribution in [0.4, 0.5) is 0 Å². The third kappa shape index (κ3) is 6.62. The van der Waals surface area contributed by atoms with Crippen LogP contribution in [-0.2, 0) is 30.4 Å². The van der Waals surface area contributed by atoms with Crippen LogP contribution in [0.5, 0.6) is 0 Å². The molecule has 2 heterocycles. The molecule has 1 aliphatic heterocycles. The van der Waals surface area contributed by atoms with Crippen LogP contribution in [0.1, 0.15) is 31.7 Å². The van der Waals surface area contributed by atoms with E-state index >= 15 is 0 Å². The number of likely N-dealkylation sites (tertiary alicyclic amines) is 1. The minimum absolute atomic E-state index is 0.230. The number of carbonyl (C=O) groups is 5. The van der Waals surface area contributed by atoms with Crippen molar-refractivity contribution in [2.24, 2.45) is 5.73 Å². The lowest BCUT2D eigenvalue weighted by molar-refractivity contribution is -0.146. The average Bonchev–Trinajstić information content (AvgIpc) is 3.48. The molecule has 3 rings (SSSR count). The zero-order chi connectivity index (χ0) is 27.3. The number of fused-ring (bicyclic) bond motifs is 1. The molecule has 1 aromatic heterocycles. The number of aromatic nitrogens is 1. The zero-order valence-corrected chi connectivity index (χ0v) is 20.2. The van der Waals surface area contributed by atoms with Crippen LogP contribution >= 0.6 is 0 Å². The van der Waals surface area contributed by atoms with Gasteiger partial charge in [0.25, 0.3) is 0 Å². The van der Waals surface area contributed by atoms with E-state index in [1.807, 2.05) is 29.6 Å². The molecule has 1 aliphatic rings. The van der Waals surface area contributed by atoms with Gasteiger partial charge in [-0.15, -0.1) is 0 Å². The quantitative estimate of drug-likeness (QED) is 0.193. The fourth-order valence-corrected chi connectivity index (χ4v) is 4.44. The van der Waals surface area contributed by atoms with Crippen molar-refractivity contribution in [3.05, 3.63) is 36.0 Å². The highest BCUT2D eigenvalue weighted by Gasteiger charge is 2.38. The minimum atomic E-state index is -1.70. The van der Waals surface area contributed by atoms with Crippen LogP contribution in [0.15, 0.2) is 30.5 Å². The lowest BCUT2D eigenvalue weighted by Crippen LogP contribution is -2.58. The van der Waals surface area contributed by atoms with Gasteiger partial charge in [-0.1, -0.05) is 18.2 Å². The van der Waals surface area contributed by atoms with Gasteiger partial charge < -0.3 is 41.6 Å². The number of aliphatic hydroxyl groups excluding tert-OH is 1. The number of amides is 3. The smallest absolute Gasteiger partial charge is 0.328 e. The molecule has 2 aromatic rings. The number of aliphatic hydroxyl groups is 1. The lowest BCUT2D eigenvalue weighted by Gasteiger charge is -2.28. The fraction of sp³-hybridized carbons (Fsp3) is 0.458. The molecule has 200 valence electrons. The van der Waals surface area contributed by atoms with E-state index in [4.69, 9.17) is 5.73 Å². The van der Waals surface area contributed by atoms with Crippen LogP contribution in [-0.4, -0.2) is 91.7 Å². The second kappa shape index (κ2) is 11.8. The summed E-state index contributed by atoms with van der Waals surface area (Å²) < 4.78 is 0. The largest absolute Gasteiger partial charge is 0.481 e. The van der Waals surface area contributed by atoms with Gasteiger partial charge in [-0.3, -0.25) is 19.2 Å². The second-order valence-corrected chi connectivity index (χ2v) is 9.08. The number of benzene rings is 1. The van der Waals surface area contributed by atoms with Gasteiger partial charge in [-0.25, -0.2) is 4.79 Å². The van der Waals surface area contributed by atoms with Gasteiger partial charge in [-0.2, -0.15) is 0 Å². The van der Waals surface area contributed by atoms with E-state index < -0.39 is 66.4 Å². The number of carboxylic acids is 2. The topological polar surface area (TPSA) is 215 Å². The first-order valence-electron chi connectivity index (χ1n) is 11.8. The maximum absolute atomic E-state index is 13.2. The number of hydrogen-bond donors (Lipinski definition) is 7. The number of carbonyl (C=O) groups excluding carboxylic acids is 3. The molecule has 13 nitrogen and oxygen atoms in total. The molecule has 1 saturated heterocycles. The number of aromatic amines is 1. The summed E-state index contributed by atoms with van der Waals surface area (Å²) in [6.07, 6.45) is 0.494. The Bertz CT molecular complexity index is 1180. The highest BCUT2D eigenvalue weighted by atomic mass is 16.4. The maximum Gasteiger partial charge on any atom is 0.328 e.